The quantitative estimate of drug-likeness (QED) is 0.355. The van der Waals surface area contributed by atoms with Gasteiger partial charge in [-0.3, -0.25) is 10.1 Å². The third-order valence-corrected chi connectivity index (χ3v) is 3.53. The van der Waals surface area contributed by atoms with Crippen LogP contribution >= 0.6 is 0 Å². The fourth-order valence-corrected chi connectivity index (χ4v) is 2.30. The second-order valence-electron chi connectivity index (χ2n) is 5.33. The van der Waals surface area contributed by atoms with Crippen molar-refractivity contribution >= 4 is 29.7 Å². The highest BCUT2D eigenvalue weighted by atomic mass is 16.6. The van der Waals surface area contributed by atoms with Gasteiger partial charge in [0.15, 0.2) is 5.70 Å². The SMILES string of the molecule is COc1cccc(/C=C2N=C(/C=C\c3cccc([N+](=O)[O-])c3)OC/2=O)c1. The number of nitro benzene ring substituents is 1. The van der Waals surface area contributed by atoms with E-state index in [0.717, 1.165) is 5.56 Å². The molecular weight excluding hydrogens is 336 g/mol. The van der Waals surface area contributed by atoms with Gasteiger partial charge in [0, 0.05) is 18.2 Å². The van der Waals surface area contributed by atoms with Crippen molar-refractivity contribution in [3.05, 3.63) is 81.5 Å². The highest BCUT2D eigenvalue weighted by molar-refractivity contribution is 6.11. The molecule has 0 N–H and O–H groups in total. The molecule has 1 heterocycles. The molecule has 0 radical (unpaired) electrons. The number of hydrogen-bond acceptors (Lipinski definition) is 6. The lowest BCUT2D eigenvalue weighted by molar-refractivity contribution is -0.384. The van der Waals surface area contributed by atoms with E-state index in [1.165, 1.54) is 18.2 Å². The van der Waals surface area contributed by atoms with Crippen LogP contribution in [0.4, 0.5) is 5.69 Å². The van der Waals surface area contributed by atoms with Crippen molar-refractivity contribution in [3.63, 3.8) is 0 Å². The number of carbonyl (C=O) groups excluding carboxylic acids is 1. The van der Waals surface area contributed by atoms with Gasteiger partial charge in [-0.1, -0.05) is 24.3 Å². The number of cyclic esters (lactones) is 1. The zero-order valence-electron chi connectivity index (χ0n) is 13.8. The molecule has 130 valence electrons. The Labute approximate surface area is 149 Å². The summed E-state index contributed by atoms with van der Waals surface area (Å²) >= 11 is 0. The summed E-state index contributed by atoms with van der Waals surface area (Å²) < 4.78 is 10.2. The summed E-state index contributed by atoms with van der Waals surface area (Å²) in [6, 6.07) is 13.3. The molecule has 0 amide bonds. The third kappa shape index (κ3) is 4.02. The van der Waals surface area contributed by atoms with E-state index in [1.807, 2.05) is 6.07 Å². The van der Waals surface area contributed by atoms with E-state index in [1.54, 1.807) is 49.6 Å². The van der Waals surface area contributed by atoms with E-state index < -0.39 is 10.9 Å². The summed E-state index contributed by atoms with van der Waals surface area (Å²) in [6.45, 7) is 0. The van der Waals surface area contributed by atoms with Gasteiger partial charge in [-0.2, -0.15) is 0 Å². The van der Waals surface area contributed by atoms with Crippen LogP contribution in [0.1, 0.15) is 11.1 Å². The van der Waals surface area contributed by atoms with Crippen LogP contribution in [0.15, 0.2) is 65.3 Å². The number of nitro groups is 1. The average Bonchev–Trinajstić information content (AvgIpc) is 3.00. The second kappa shape index (κ2) is 7.43. The number of non-ortho nitro benzene ring substituents is 1. The molecule has 0 atom stereocenters. The van der Waals surface area contributed by atoms with Crippen LogP contribution in [0.25, 0.3) is 12.2 Å². The van der Waals surface area contributed by atoms with E-state index in [9.17, 15) is 14.9 Å². The van der Waals surface area contributed by atoms with Crippen molar-refractivity contribution < 1.29 is 19.2 Å². The van der Waals surface area contributed by atoms with Crippen LogP contribution in [-0.4, -0.2) is 23.9 Å². The maximum Gasteiger partial charge on any atom is 0.363 e. The number of ether oxygens (including phenoxy) is 2. The minimum Gasteiger partial charge on any atom is -0.497 e. The van der Waals surface area contributed by atoms with Gasteiger partial charge in [-0.05, 0) is 35.4 Å². The van der Waals surface area contributed by atoms with Crippen LogP contribution < -0.4 is 4.74 Å². The smallest absolute Gasteiger partial charge is 0.363 e. The molecule has 0 fully saturated rings. The number of rotatable bonds is 5. The first-order valence-corrected chi connectivity index (χ1v) is 7.64. The predicted molar refractivity (Wildman–Crippen MR) is 96.6 cm³/mol. The fourth-order valence-electron chi connectivity index (χ4n) is 2.30. The van der Waals surface area contributed by atoms with E-state index in [2.05, 4.69) is 4.99 Å². The Balaban J connectivity index is 1.80. The van der Waals surface area contributed by atoms with Gasteiger partial charge < -0.3 is 9.47 Å². The molecule has 0 bridgehead atoms. The Morgan fingerprint density at radius 3 is 2.65 bits per heavy atom. The Morgan fingerprint density at radius 2 is 1.88 bits per heavy atom. The van der Waals surface area contributed by atoms with Crippen LogP contribution in [0.5, 0.6) is 5.75 Å². The van der Waals surface area contributed by atoms with Crippen molar-refractivity contribution in [3.8, 4) is 5.75 Å². The van der Waals surface area contributed by atoms with Crippen LogP contribution in [-0.2, 0) is 9.53 Å². The third-order valence-electron chi connectivity index (χ3n) is 3.53. The highest BCUT2D eigenvalue weighted by Crippen LogP contribution is 2.20. The first kappa shape index (κ1) is 17.1. The molecule has 0 saturated carbocycles. The molecule has 3 rings (SSSR count). The maximum absolute atomic E-state index is 11.9. The van der Waals surface area contributed by atoms with E-state index in [4.69, 9.17) is 9.47 Å². The lowest BCUT2D eigenvalue weighted by Crippen LogP contribution is -2.01. The molecule has 0 spiro atoms. The summed E-state index contributed by atoms with van der Waals surface area (Å²) in [5.41, 5.74) is 1.50. The second-order valence-corrected chi connectivity index (χ2v) is 5.33. The number of methoxy groups -OCH3 is 1. The van der Waals surface area contributed by atoms with Crippen molar-refractivity contribution in [2.45, 2.75) is 0 Å². The number of hydrogen-bond donors (Lipinski definition) is 0. The van der Waals surface area contributed by atoms with Crippen molar-refractivity contribution in [1.29, 1.82) is 0 Å². The van der Waals surface area contributed by atoms with Gasteiger partial charge in [0.05, 0.1) is 12.0 Å². The zero-order chi connectivity index (χ0) is 18.5. The molecule has 26 heavy (non-hydrogen) atoms. The molecule has 0 aliphatic carbocycles. The topological polar surface area (TPSA) is 91.0 Å². The fraction of sp³-hybridized carbons (Fsp3) is 0.0526. The summed E-state index contributed by atoms with van der Waals surface area (Å²) in [4.78, 5) is 26.4. The monoisotopic (exact) mass is 350 g/mol. The predicted octanol–water partition coefficient (Wildman–Crippen LogP) is 3.61. The van der Waals surface area contributed by atoms with Gasteiger partial charge in [-0.25, -0.2) is 9.79 Å². The minimum absolute atomic E-state index is 0.0175. The minimum atomic E-state index is -0.563. The molecule has 7 nitrogen and oxygen atoms in total. The van der Waals surface area contributed by atoms with Crippen molar-refractivity contribution in [2.24, 2.45) is 4.99 Å². The molecule has 0 unspecified atom stereocenters. The molecule has 0 aromatic heterocycles. The highest BCUT2D eigenvalue weighted by Gasteiger charge is 2.21. The molecular formula is C19H14N2O5. The zero-order valence-corrected chi connectivity index (χ0v) is 13.8. The Morgan fingerprint density at radius 1 is 1.12 bits per heavy atom. The van der Waals surface area contributed by atoms with Gasteiger partial charge in [0.25, 0.3) is 5.69 Å². The number of nitrogens with zero attached hydrogens (tertiary/aromatic N) is 2. The number of carbonyl (C=O) groups is 1. The molecule has 1 aliphatic heterocycles. The Hall–Kier alpha value is -3.74. The standard InChI is InChI=1S/C19H14N2O5/c1-25-16-7-3-5-14(11-16)12-17-19(22)26-18(20-17)9-8-13-4-2-6-15(10-13)21(23)24/h2-12H,1H3/b9-8-,17-12+. The number of aliphatic imine (C=N–C) groups is 1. The summed E-state index contributed by atoms with van der Waals surface area (Å²) in [7, 11) is 1.56. The van der Waals surface area contributed by atoms with E-state index in [0.29, 0.717) is 11.3 Å². The first-order chi connectivity index (χ1) is 12.5. The van der Waals surface area contributed by atoms with Gasteiger partial charge in [-0.15, -0.1) is 0 Å². The average molecular weight is 350 g/mol. The lowest BCUT2D eigenvalue weighted by Gasteiger charge is -2.00. The summed E-state index contributed by atoms with van der Waals surface area (Å²) in [5, 5.41) is 10.8. The molecule has 1 aliphatic rings. The van der Waals surface area contributed by atoms with Gasteiger partial charge >= 0.3 is 5.97 Å². The van der Waals surface area contributed by atoms with Crippen LogP contribution in [0, 0.1) is 10.1 Å². The van der Waals surface area contributed by atoms with E-state index >= 15 is 0 Å². The van der Waals surface area contributed by atoms with Crippen molar-refractivity contribution in [1.82, 2.24) is 0 Å². The normalized spacial score (nSPS) is 15.2. The molecule has 0 saturated heterocycles. The Kier molecular flexibility index (Phi) is 4.89. The molecule has 2 aromatic rings. The van der Waals surface area contributed by atoms with E-state index in [-0.39, 0.29) is 17.3 Å². The molecule has 2 aromatic carbocycles. The van der Waals surface area contributed by atoms with Gasteiger partial charge in [0.1, 0.15) is 5.75 Å². The van der Waals surface area contributed by atoms with Crippen LogP contribution in [0.3, 0.4) is 0 Å². The largest absolute Gasteiger partial charge is 0.497 e. The van der Waals surface area contributed by atoms with Gasteiger partial charge in [0.2, 0.25) is 5.90 Å². The first-order valence-electron chi connectivity index (χ1n) is 7.64. The molecule has 7 heteroatoms. The maximum atomic E-state index is 11.9. The Bertz CT molecular complexity index is 960. The lowest BCUT2D eigenvalue weighted by atomic mass is 10.2. The van der Waals surface area contributed by atoms with Crippen molar-refractivity contribution in [2.75, 3.05) is 7.11 Å². The number of esters is 1. The summed E-state index contributed by atoms with van der Waals surface area (Å²) in [5.74, 6) is 0.225. The summed E-state index contributed by atoms with van der Waals surface area (Å²) in [6.07, 6.45) is 4.68. The number of benzene rings is 2. The van der Waals surface area contributed by atoms with Crippen LogP contribution in [0.2, 0.25) is 0 Å².